The Morgan fingerprint density at radius 1 is 1.16 bits per heavy atom. The van der Waals surface area contributed by atoms with E-state index in [1.54, 1.807) is 23.9 Å². The molecule has 0 radical (unpaired) electrons. The highest BCUT2D eigenvalue weighted by Crippen LogP contribution is 2.23. The molecule has 25 heavy (non-hydrogen) atoms. The van der Waals surface area contributed by atoms with Crippen LogP contribution in [0.5, 0.6) is 0 Å². The first-order valence-electron chi connectivity index (χ1n) is 7.98. The van der Waals surface area contributed by atoms with Crippen LogP contribution in [0.4, 0.5) is 0 Å². The molecule has 0 bridgehead atoms. The molecule has 1 amide bonds. The lowest BCUT2D eigenvalue weighted by Gasteiger charge is -2.20. The molecule has 0 aliphatic carbocycles. The van der Waals surface area contributed by atoms with Gasteiger partial charge in [0, 0.05) is 23.5 Å². The van der Waals surface area contributed by atoms with E-state index < -0.39 is 0 Å². The zero-order chi connectivity index (χ0) is 17.1. The van der Waals surface area contributed by atoms with Gasteiger partial charge in [0.15, 0.2) is 5.01 Å². The average molecular weight is 368 g/mol. The Labute approximate surface area is 153 Å². The van der Waals surface area contributed by atoms with E-state index in [0.717, 1.165) is 22.2 Å². The molecule has 6 heteroatoms. The number of hydrogen-bond donors (Lipinski definition) is 0. The van der Waals surface area contributed by atoms with Crippen molar-refractivity contribution in [3.8, 4) is 0 Å². The van der Waals surface area contributed by atoms with Crippen molar-refractivity contribution < 1.29 is 9.21 Å². The van der Waals surface area contributed by atoms with Gasteiger partial charge in [0.1, 0.15) is 0 Å². The number of benzene rings is 1. The number of fused-ring (bicyclic) bond motifs is 1. The summed E-state index contributed by atoms with van der Waals surface area (Å²) in [6.45, 7) is 1.18. The molecule has 0 aliphatic rings. The number of para-hydroxylation sites is 1. The number of thiazole rings is 1. The van der Waals surface area contributed by atoms with Gasteiger partial charge in [-0.25, -0.2) is 4.98 Å². The van der Waals surface area contributed by atoms with Crippen LogP contribution in [0.2, 0.25) is 0 Å². The zero-order valence-corrected chi connectivity index (χ0v) is 15.1. The summed E-state index contributed by atoms with van der Waals surface area (Å²) < 4.78 is 6.18. The monoisotopic (exact) mass is 368 g/mol. The highest BCUT2D eigenvalue weighted by molar-refractivity contribution is 7.20. The zero-order valence-electron chi connectivity index (χ0n) is 13.4. The summed E-state index contributed by atoms with van der Waals surface area (Å²) in [5.41, 5.74) is 1.86. The van der Waals surface area contributed by atoms with Gasteiger partial charge in [-0.1, -0.05) is 18.2 Å². The summed E-state index contributed by atoms with van der Waals surface area (Å²) in [5.74, 6) is -0.0287. The molecule has 4 aromatic rings. The SMILES string of the molecule is O=C(c1nc2ccccc2s1)N(CCc1cccs1)Cc1ccoc1. The standard InChI is InChI=1S/C19H16N2O2S2/c22-19(18-20-16-5-1-2-6-17(16)25-18)21(12-14-8-10-23-13-14)9-7-15-4-3-11-24-15/h1-6,8,10-11,13H,7,9,12H2. The highest BCUT2D eigenvalue weighted by Gasteiger charge is 2.20. The fraction of sp³-hybridized carbons (Fsp3) is 0.158. The number of carbonyl (C=O) groups excluding carboxylic acids is 1. The first kappa shape index (κ1) is 16.1. The second kappa shape index (κ2) is 7.21. The van der Waals surface area contributed by atoms with Crippen molar-refractivity contribution in [2.45, 2.75) is 13.0 Å². The number of carbonyl (C=O) groups is 1. The van der Waals surface area contributed by atoms with Crippen molar-refractivity contribution in [1.29, 1.82) is 0 Å². The number of hydrogen-bond acceptors (Lipinski definition) is 5. The van der Waals surface area contributed by atoms with E-state index in [0.29, 0.717) is 18.1 Å². The average Bonchev–Trinajstić information content (AvgIpc) is 3.39. The number of aromatic nitrogens is 1. The molecule has 4 rings (SSSR count). The van der Waals surface area contributed by atoms with E-state index >= 15 is 0 Å². The molecule has 0 fully saturated rings. The normalized spacial score (nSPS) is 11.0. The van der Waals surface area contributed by atoms with E-state index in [9.17, 15) is 4.79 Å². The van der Waals surface area contributed by atoms with Crippen molar-refractivity contribution in [2.24, 2.45) is 0 Å². The first-order valence-corrected chi connectivity index (χ1v) is 9.67. The van der Waals surface area contributed by atoms with Crippen LogP contribution in [0.25, 0.3) is 10.2 Å². The second-order valence-electron chi connectivity index (χ2n) is 5.67. The minimum absolute atomic E-state index is 0.0287. The lowest BCUT2D eigenvalue weighted by molar-refractivity contribution is 0.0745. The Morgan fingerprint density at radius 2 is 2.08 bits per heavy atom. The Balaban J connectivity index is 1.57. The fourth-order valence-corrected chi connectivity index (χ4v) is 4.29. The molecule has 3 aromatic heterocycles. The van der Waals surface area contributed by atoms with E-state index in [4.69, 9.17) is 4.42 Å². The maximum absolute atomic E-state index is 13.0. The number of furan rings is 1. The number of amides is 1. The lowest BCUT2D eigenvalue weighted by Crippen LogP contribution is -2.32. The molecular formula is C19H16N2O2S2. The Kier molecular flexibility index (Phi) is 4.63. The summed E-state index contributed by atoms with van der Waals surface area (Å²) in [7, 11) is 0. The molecule has 0 N–H and O–H groups in total. The molecule has 1 aromatic carbocycles. The minimum atomic E-state index is -0.0287. The first-order chi connectivity index (χ1) is 12.3. The molecule has 0 aliphatic heterocycles. The number of rotatable bonds is 6. The van der Waals surface area contributed by atoms with Crippen LogP contribution in [-0.2, 0) is 13.0 Å². The third-order valence-electron chi connectivity index (χ3n) is 3.93. The summed E-state index contributed by atoms with van der Waals surface area (Å²) in [5, 5.41) is 2.60. The van der Waals surface area contributed by atoms with Crippen LogP contribution in [0.15, 0.2) is 64.8 Å². The van der Waals surface area contributed by atoms with Gasteiger partial charge in [-0.05, 0) is 36.1 Å². The van der Waals surface area contributed by atoms with Crippen molar-refractivity contribution in [2.75, 3.05) is 6.54 Å². The molecule has 4 nitrogen and oxygen atoms in total. The van der Waals surface area contributed by atoms with E-state index in [1.165, 1.54) is 16.2 Å². The van der Waals surface area contributed by atoms with Gasteiger partial charge in [-0.3, -0.25) is 4.79 Å². The second-order valence-corrected chi connectivity index (χ2v) is 7.74. The quantitative estimate of drug-likeness (QED) is 0.489. The predicted molar refractivity (Wildman–Crippen MR) is 101 cm³/mol. The molecular weight excluding hydrogens is 352 g/mol. The summed E-state index contributed by atoms with van der Waals surface area (Å²) in [6, 6.07) is 13.9. The van der Waals surface area contributed by atoms with Gasteiger partial charge in [-0.15, -0.1) is 22.7 Å². The third-order valence-corrected chi connectivity index (χ3v) is 5.89. The number of nitrogens with zero attached hydrogens (tertiary/aromatic N) is 2. The lowest BCUT2D eigenvalue weighted by atomic mass is 10.2. The van der Waals surface area contributed by atoms with Crippen LogP contribution in [-0.4, -0.2) is 22.3 Å². The third kappa shape index (κ3) is 3.65. The maximum Gasteiger partial charge on any atom is 0.283 e. The topological polar surface area (TPSA) is 46.3 Å². The van der Waals surface area contributed by atoms with Gasteiger partial charge in [0.25, 0.3) is 5.91 Å². The Hall–Kier alpha value is -2.44. The van der Waals surface area contributed by atoms with Gasteiger partial charge in [0.2, 0.25) is 0 Å². The van der Waals surface area contributed by atoms with Gasteiger partial charge < -0.3 is 9.32 Å². The fourth-order valence-electron chi connectivity index (χ4n) is 2.65. The van der Waals surface area contributed by atoms with Gasteiger partial charge >= 0.3 is 0 Å². The van der Waals surface area contributed by atoms with Gasteiger partial charge in [-0.2, -0.15) is 0 Å². The van der Waals surface area contributed by atoms with Crippen LogP contribution < -0.4 is 0 Å². The summed E-state index contributed by atoms with van der Waals surface area (Å²) in [4.78, 5) is 20.7. The van der Waals surface area contributed by atoms with Crippen LogP contribution >= 0.6 is 22.7 Å². The smallest absolute Gasteiger partial charge is 0.283 e. The van der Waals surface area contributed by atoms with Gasteiger partial charge in [0.05, 0.1) is 22.7 Å². The van der Waals surface area contributed by atoms with E-state index in [2.05, 4.69) is 16.4 Å². The number of thiophene rings is 1. The van der Waals surface area contributed by atoms with Crippen LogP contribution in [0.1, 0.15) is 20.2 Å². The molecule has 0 saturated carbocycles. The van der Waals surface area contributed by atoms with E-state index in [1.807, 2.05) is 41.3 Å². The largest absolute Gasteiger partial charge is 0.472 e. The molecule has 126 valence electrons. The van der Waals surface area contributed by atoms with Crippen molar-refractivity contribution in [3.63, 3.8) is 0 Å². The predicted octanol–water partition coefficient (Wildman–Crippen LogP) is 4.84. The highest BCUT2D eigenvalue weighted by atomic mass is 32.1. The maximum atomic E-state index is 13.0. The molecule has 3 heterocycles. The molecule has 0 unspecified atom stereocenters. The molecule has 0 saturated heterocycles. The van der Waals surface area contributed by atoms with Crippen LogP contribution in [0, 0.1) is 0 Å². The Morgan fingerprint density at radius 3 is 2.84 bits per heavy atom. The minimum Gasteiger partial charge on any atom is -0.472 e. The van der Waals surface area contributed by atoms with Crippen molar-refractivity contribution >= 4 is 38.8 Å². The summed E-state index contributed by atoms with van der Waals surface area (Å²) >= 11 is 3.16. The van der Waals surface area contributed by atoms with Crippen molar-refractivity contribution in [1.82, 2.24) is 9.88 Å². The molecule has 0 atom stereocenters. The summed E-state index contributed by atoms with van der Waals surface area (Å²) in [6.07, 6.45) is 4.16. The van der Waals surface area contributed by atoms with E-state index in [-0.39, 0.29) is 5.91 Å². The Bertz CT molecular complexity index is 926. The molecule has 0 spiro atoms. The van der Waals surface area contributed by atoms with Crippen LogP contribution in [0.3, 0.4) is 0 Å². The van der Waals surface area contributed by atoms with Crippen molar-refractivity contribution in [3.05, 3.63) is 75.8 Å².